The summed E-state index contributed by atoms with van der Waals surface area (Å²) in [7, 11) is 3.22. The lowest BCUT2D eigenvalue weighted by Crippen LogP contribution is -2.07. The average Bonchev–Trinajstić information content (AvgIpc) is 3.01. The summed E-state index contributed by atoms with van der Waals surface area (Å²) in [5.74, 6) is 1.24. The third-order valence-corrected chi connectivity index (χ3v) is 4.31. The van der Waals surface area contributed by atoms with Crippen LogP contribution in [0.2, 0.25) is 0 Å². The van der Waals surface area contributed by atoms with Gasteiger partial charge in [-0.2, -0.15) is 0 Å². The van der Waals surface area contributed by atoms with Crippen molar-refractivity contribution in [2.24, 2.45) is 0 Å². The molecule has 2 aromatic carbocycles. The Bertz CT molecular complexity index is 902. The van der Waals surface area contributed by atoms with E-state index in [9.17, 15) is 4.79 Å². The molecule has 24 heavy (non-hydrogen) atoms. The molecular formula is C18H16N2O3S. The zero-order valence-electron chi connectivity index (χ0n) is 13.3. The maximum atomic E-state index is 12.1. The summed E-state index contributed by atoms with van der Waals surface area (Å²) >= 11 is 1.40. The van der Waals surface area contributed by atoms with Crippen molar-refractivity contribution in [3.63, 3.8) is 0 Å². The van der Waals surface area contributed by atoms with Crippen LogP contribution in [0.5, 0.6) is 11.5 Å². The van der Waals surface area contributed by atoms with E-state index >= 15 is 0 Å². The van der Waals surface area contributed by atoms with Crippen LogP contribution in [-0.4, -0.2) is 25.1 Å². The van der Waals surface area contributed by atoms with Crippen LogP contribution in [0.4, 0.5) is 5.13 Å². The summed E-state index contributed by atoms with van der Waals surface area (Å²) in [5.41, 5.74) is 1.66. The predicted molar refractivity (Wildman–Crippen MR) is 96.8 cm³/mol. The number of hydrogen-bond acceptors (Lipinski definition) is 5. The second-order valence-electron chi connectivity index (χ2n) is 4.92. The first-order valence-electron chi connectivity index (χ1n) is 7.26. The van der Waals surface area contributed by atoms with Crippen LogP contribution < -0.4 is 14.8 Å². The number of para-hydroxylation sites is 1. The highest BCUT2D eigenvalue weighted by molar-refractivity contribution is 7.22. The molecule has 6 heteroatoms. The minimum absolute atomic E-state index is 0.244. The molecule has 1 amide bonds. The van der Waals surface area contributed by atoms with Gasteiger partial charge in [0.15, 0.2) is 5.13 Å². The molecule has 122 valence electrons. The number of rotatable bonds is 5. The summed E-state index contributed by atoms with van der Waals surface area (Å²) < 4.78 is 11.4. The normalized spacial score (nSPS) is 10.9. The van der Waals surface area contributed by atoms with Crippen molar-refractivity contribution >= 4 is 38.7 Å². The highest BCUT2D eigenvalue weighted by Crippen LogP contribution is 2.29. The summed E-state index contributed by atoms with van der Waals surface area (Å²) in [6.45, 7) is 0. The third kappa shape index (κ3) is 3.55. The van der Waals surface area contributed by atoms with Crippen molar-refractivity contribution in [2.45, 2.75) is 0 Å². The Morgan fingerprint density at radius 1 is 1.17 bits per heavy atom. The van der Waals surface area contributed by atoms with Crippen LogP contribution in [0.1, 0.15) is 5.56 Å². The fraction of sp³-hybridized carbons (Fsp3) is 0.111. The average molecular weight is 340 g/mol. The van der Waals surface area contributed by atoms with E-state index in [1.807, 2.05) is 42.5 Å². The molecule has 0 saturated carbocycles. The number of nitrogens with zero attached hydrogens (tertiary/aromatic N) is 1. The first kappa shape index (κ1) is 16.0. The SMILES string of the molecule is COc1ccc2nc(NC(=O)/C=C/c3ccccc3OC)sc2c1. The Balaban J connectivity index is 1.73. The number of carbonyl (C=O) groups is 1. The van der Waals surface area contributed by atoms with E-state index in [1.165, 1.54) is 17.4 Å². The number of amides is 1. The van der Waals surface area contributed by atoms with Crippen LogP contribution in [0.3, 0.4) is 0 Å². The molecule has 0 spiro atoms. The minimum atomic E-state index is -0.244. The number of carbonyl (C=O) groups excluding carboxylic acids is 1. The standard InChI is InChI=1S/C18H16N2O3S/c1-22-13-8-9-14-16(11-13)24-18(19-14)20-17(21)10-7-12-5-3-4-6-15(12)23-2/h3-11H,1-2H3,(H,19,20,21)/b10-7+. The largest absolute Gasteiger partial charge is 0.497 e. The lowest BCUT2D eigenvalue weighted by atomic mass is 10.2. The Morgan fingerprint density at radius 2 is 2.00 bits per heavy atom. The highest BCUT2D eigenvalue weighted by atomic mass is 32.1. The van der Waals surface area contributed by atoms with Crippen molar-refractivity contribution in [2.75, 3.05) is 19.5 Å². The van der Waals surface area contributed by atoms with Crippen LogP contribution in [0, 0.1) is 0 Å². The molecule has 1 N–H and O–H groups in total. The summed E-state index contributed by atoms with van der Waals surface area (Å²) in [4.78, 5) is 16.5. The monoisotopic (exact) mass is 340 g/mol. The van der Waals surface area contributed by atoms with Crippen LogP contribution >= 0.6 is 11.3 Å². The topological polar surface area (TPSA) is 60.5 Å². The molecule has 3 rings (SSSR count). The van der Waals surface area contributed by atoms with Gasteiger partial charge in [0.25, 0.3) is 0 Å². The summed E-state index contributed by atoms with van der Waals surface area (Å²) in [5, 5.41) is 3.33. The van der Waals surface area contributed by atoms with Gasteiger partial charge in [-0.3, -0.25) is 10.1 Å². The van der Waals surface area contributed by atoms with Gasteiger partial charge in [0.2, 0.25) is 5.91 Å². The van der Waals surface area contributed by atoms with Gasteiger partial charge in [-0.15, -0.1) is 0 Å². The second-order valence-corrected chi connectivity index (χ2v) is 5.95. The fourth-order valence-corrected chi connectivity index (χ4v) is 3.10. The van der Waals surface area contributed by atoms with Gasteiger partial charge in [-0.1, -0.05) is 29.5 Å². The lowest BCUT2D eigenvalue weighted by Gasteiger charge is -2.03. The van der Waals surface area contributed by atoms with E-state index in [-0.39, 0.29) is 5.91 Å². The highest BCUT2D eigenvalue weighted by Gasteiger charge is 2.07. The molecule has 1 heterocycles. The van der Waals surface area contributed by atoms with Crippen molar-refractivity contribution in [3.05, 3.63) is 54.1 Å². The number of anilines is 1. The Morgan fingerprint density at radius 3 is 2.79 bits per heavy atom. The first-order chi connectivity index (χ1) is 11.7. The molecule has 0 saturated heterocycles. The smallest absolute Gasteiger partial charge is 0.250 e. The zero-order valence-corrected chi connectivity index (χ0v) is 14.1. The number of hydrogen-bond donors (Lipinski definition) is 1. The first-order valence-corrected chi connectivity index (χ1v) is 8.08. The van der Waals surface area contributed by atoms with Gasteiger partial charge in [0, 0.05) is 11.6 Å². The van der Waals surface area contributed by atoms with E-state index in [1.54, 1.807) is 20.3 Å². The molecule has 0 aliphatic carbocycles. The van der Waals surface area contributed by atoms with Crippen LogP contribution in [-0.2, 0) is 4.79 Å². The van der Waals surface area contributed by atoms with Gasteiger partial charge in [0.1, 0.15) is 11.5 Å². The molecule has 0 fully saturated rings. The van der Waals surface area contributed by atoms with E-state index < -0.39 is 0 Å². The molecule has 0 aliphatic heterocycles. The molecule has 5 nitrogen and oxygen atoms in total. The summed E-state index contributed by atoms with van der Waals surface area (Å²) in [6.07, 6.45) is 3.18. The van der Waals surface area contributed by atoms with E-state index in [0.717, 1.165) is 21.5 Å². The van der Waals surface area contributed by atoms with Gasteiger partial charge in [0.05, 0.1) is 24.4 Å². The van der Waals surface area contributed by atoms with E-state index in [4.69, 9.17) is 9.47 Å². The van der Waals surface area contributed by atoms with Crippen LogP contribution in [0.15, 0.2) is 48.5 Å². The van der Waals surface area contributed by atoms with Crippen LogP contribution in [0.25, 0.3) is 16.3 Å². The second kappa shape index (κ2) is 7.14. The van der Waals surface area contributed by atoms with Gasteiger partial charge >= 0.3 is 0 Å². The molecule has 0 bridgehead atoms. The number of aromatic nitrogens is 1. The number of thiazole rings is 1. The van der Waals surface area contributed by atoms with E-state index in [0.29, 0.717) is 10.9 Å². The zero-order chi connectivity index (χ0) is 16.9. The van der Waals surface area contributed by atoms with Gasteiger partial charge < -0.3 is 9.47 Å². The van der Waals surface area contributed by atoms with Gasteiger partial charge in [-0.05, 0) is 30.3 Å². The van der Waals surface area contributed by atoms with Crippen molar-refractivity contribution in [1.29, 1.82) is 0 Å². The summed E-state index contributed by atoms with van der Waals surface area (Å²) in [6, 6.07) is 13.1. The molecule has 0 unspecified atom stereocenters. The Kier molecular flexibility index (Phi) is 4.77. The Hall–Kier alpha value is -2.86. The van der Waals surface area contributed by atoms with Crippen molar-refractivity contribution in [1.82, 2.24) is 4.98 Å². The predicted octanol–water partition coefficient (Wildman–Crippen LogP) is 3.97. The number of ether oxygens (including phenoxy) is 2. The molecular weight excluding hydrogens is 324 g/mol. The van der Waals surface area contributed by atoms with E-state index in [2.05, 4.69) is 10.3 Å². The maximum absolute atomic E-state index is 12.1. The molecule has 0 aliphatic rings. The minimum Gasteiger partial charge on any atom is -0.497 e. The molecule has 0 radical (unpaired) electrons. The fourth-order valence-electron chi connectivity index (χ4n) is 2.20. The number of benzene rings is 2. The van der Waals surface area contributed by atoms with Crippen molar-refractivity contribution in [3.8, 4) is 11.5 Å². The van der Waals surface area contributed by atoms with Crippen molar-refractivity contribution < 1.29 is 14.3 Å². The maximum Gasteiger partial charge on any atom is 0.250 e. The number of fused-ring (bicyclic) bond motifs is 1. The lowest BCUT2D eigenvalue weighted by molar-refractivity contribution is -0.111. The third-order valence-electron chi connectivity index (χ3n) is 3.38. The molecule has 0 atom stereocenters. The number of methoxy groups -OCH3 is 2. The number of nitrogens with one attached hydrogen (secondary N) is 1. The Labute approximate surface area is 143 Å². The molecule has 3 aromatic rings. The molecule has 1 aromatic heterocycles. The van der Waals surface area contributed by atoms with Gasteiger partial charge in [-0.25, -0.2) is 4.98 Å². The quantitative estimate of drug-likeness (QED) is 0.714.